The molecule has 0 saturated heterocycles. The number of rotatable bonds is 4. The van der Waals surface area contributed by atoms with Crippen molar-refractivity contribution in [3.8, 4) is 0 Å². The summed E-state index contributed by atoms with van der Waals surface area (Å²) in [6.07, 6.45) is -5.25. The molecule has 1 nitrogen and oxygen atoms in total. The summed E-state index contributed by atoms with van der Waals surface area (Å²) in [5.74, 6) is -1.27. The third-order valence-corrected chi connectivity index (χ3v) is 9.13. The third kappa shape index (κ3) is 4.55. The molecule has 1 aromatic rings. The van der Waals surface area contributed by atoms with E-state index in [-0.39, 0.29) is 5.04 Å². The van der Waals surface area contributed by atoms with E-state index >= 15 is 0 Å². The summed E-state index contributed by atoms with van der Waals surface area (Å²) in [7, 11) is -2.15. The summed E-state index contributed by atoms with van der Waals surface area (Å²) in [5, 5.41) is 0.281. The Kier molecular flexibility index (Phi) is 5.90. The van der Waals surface area contributed by atoms with Crippen molar-refractivity contribution in [2.24, 2.45) is 0 Å². The summed E-state index contributed by atoms with van der Waals surface area (Å²) in [6, 6.07) is 3.04. The Balaban J connectivity index is 3.17. The molecule has 0 aliphatic heterocycles. The van der Waals surface area contributed by atoms with E-state index in [4.69, 9.17) is 4.43 Å². The lowest BCUT2D eigenvalue weighted by atomic mass is 10.1. The second-order valence-corrected chi connectivity index (χ2v) is 12.2. The Hall–Kier alpha value is -0.403. The highest BCUT2D eigenvalue weighted by Gasteiger charge is 2.40. The summed E-state index contributed by atoms with van der Waals surface area (Å²) in [4.78, 5) is 0. The zero-order valence-electron chi connectivity index (χ0n) is 13.3. The van der Waals surface area contributed by atoms with Gasteiger partial charge in [-0.1, -0.05) is 42.8 Å². The average molecular weight is 401 g/mol. The van der Waals surface area contributed by atoms with E-state index in [9.17, 15) is 17.6 Å². The molecule has 0 radical (unpaired) electrons. The van der Waals surface area contributed by atoms with Crippen LogP contribution in [0.1, 0.15) is 38.0 Å². The average Bonchev–Trinajstić information content (AvgIpc) is 2.34. The van der Waals surface area contributed by atoms with Gasteiger partial charge in [0.25, 0.3) is 0 Å². The first kappa shape index (κ1) is 19.6. The Morgan fingerprint density at radius 2 is 1.73 bits per heavy atom. The van der Waals surface area contributed by atoms with Crippen molar-refractivity contribution in [3.63, 3.8) is 0 Å². The fourth-order valence-corrected chi connectivity index (χ4v) is 3.72. The van der Waals surface area contributed by atoms with Gasteiger partial charge >= 0.3 is 6.18 Å². The van der Waals surface area contributed by atoms with Crippen LogP contribution >= 0.6 is 15.9 Å². The maximum atomic E-state index is 13.4. The predicted molar refractivity (Wildman–Crippen MR) is 86.2 cm³/mol. The Labute approximate surface area is 138 Å². The van der Waals surface area contributed by atoms with E-state index in [0.717, 1.165) is 12.1 Å². The maximum Gasteiger partial charge on any atom is 0.419 e. The van der Waals surface area contributed by atoms with Crippen LogP contribution in [0.3, 0.4) is 0 Å². The van der Waals surface area contributed by atoms with Crippen LogP contribution in [0, 0.1) is 5.82 Å². The summed E-state index contributed by atoms with van der Waals surface area (Å²) < 4.78 is 58.1. The number of benzene rings is 1. The molecule has 22 heavy (non-hydrogen) atoms. The first-order valence-corrected chi connectivity index (χ1v) is 10.9. The number of hydrogen-bond acceptors (Lipinski definition) is 1. The number of hydrogen-bond donors (Lipinski definition) is 0. The van der Waals surface area contributed by atoms with Gasteiger partial charge in [-0.3, -0.25) is 0 Å². The van der Waals surface area contributed by atoms with Crippen LogP contribution < -0.4 is 0 Å². The molecule has 0 spiro atoms. The molecule has 0 bridgehead atoms. The van der Waals surface area contributed by atoms with Crippen molar-refractivity contribution in [1.29, 1.82) is 0 Å². The van der Waals surface area contributed by atoms with E-state index in [1.165, 1.54) is 6.07 Å². The molecule has 0 aliphatic carbocycles. The topological polar surface area (TPSA) is 9.23 Å². The zero-order chi connectivity index (χ0) is 17.3. The molecule has 0 N–H and O–H groups in total. The molecule has 1 unspecified atom stereocenters. The van der Waals surface area contributed by atoms with Gasteiger partial charge in [-0.05, 0) is 35.8 Å². The molecule has 0 amide bonds. The smallest absolute Gasteiger partial charge is 0.409 e. The van der Waals surface area contributed by atoms with Crippen molar-refractivity contribution < 1.29 is 22.0 Å². The predicted octanol–water partition coefficient (Wildman–Crippen LogP) is 6.30. The monoisotopic (exact) mass is 400 g/mol. The molecule has 1 rings (SSSR count). The molecule has 0 aromatic heterocycles. The van der Waals surface area contributed by atoms with E-state index in [0.29, 0.717) is 10.9 Å². The van der Waals surface area contributed by atoms with Gasteiger partial charge in [-0.2, -0.15) is 13.2 Å². The van der Waals surface area contributed by atoms with Gasteiger partial charge in [0.2, 0.25) is 0 Å². The SMILES string of the molecule is CC(C)(C)[Si](C)(C)OC(CBr)c1ccc(F)c(C(F)(F)F)c1. The van der Waals surface area contributed by atoms with Gasteiger partial charge in [0.05, 0.1) is 11.7 Å². The van der Waals surface area contributed by atoms with Crippen molar-refractivity contribution in [2.75, 3.05) is 5.33 Å². The normalized spacial score (nSPS) is 15.0. The van der Waals surface area contributed by atoms with Crippen LogP contribution in [0.4, 0.5) is 17.6 Å². The van der Waals surface area contributed by atoms with Gasteiger partial charge in [0.1, 0.15) is 5.82 Å². The van der Waals surface area contributed by atoms with Crippen LogP contribution in [-0.4, -0.2) is 13.6 Å². The third-order valence-electron chi connectivity index (χ3n) is 4.05. The molecule has 0 aliphatic rings. The molecular weight excluding hydrogens is 380 g/mol. The van der Waals surface area contributed by atoms with E-state index < -0.39 is 32.0 Å². The summed E-state index contributed by atoms with van der Waals surface area (Å²) in [5.41, 5.74) is -0.926. The van der Waals surface area contributed by atoms with Crippen LogP contribution in [0.2, 0.25) is 18.1 Å². The van der Waals surface area contributed by atoms with Gasteiger partial charge in [0, 0.05) is 5.33 Å². The van der Waals surface area contributed by atoms with Gasteiger partial charge in [0.15, 0.2) is 8.32 Å². The van der Waals surface area contributed by atoms with Crippen molar-refractivity contribution in [1.82, 2.24) is 0 Å². The first-order chi connectivity index (χ1) is 9.79. The maximum absolute atomic E-state index is 13.4. The molecule has 1 atom stereocenters. The van der Waals surface area contributed by atoms with Gasteiger partial charge < -0.3 is 4.43 Å². The summed E-state index contributed by atoms with van der Waals surface area (Å²) in [6.45, 7) is 10.2. The second kappa shape index (κ2) is 6.61. The van der Waals surface area contributed by atoms with Crippen LogP contribution in [0.15, 0.2) is 18.2 Å². The zero-order valence-corrected chi connectivity index (χ0v) is 15.9. The lowest BCUT2D eigenvalue weighted by Crippen LogP contribution is -2.42. The Morgan fingerprint density at radius 1 is 1.18 bits per heavy atom. The minimum absolute atomic E-state index is 0.0691. The molecule has 126 valence electrons. The number of halogens is 5. The number of alkyl halides is 4. The standard InChI is InChI=1S/C15H21BrF4OSi/c1-14(2,3)22(4,5)21-13(9-16)10-6-7-12(17)11(8-10)15(18,19)20/h6-8,13H,9H2,1-5H3. The molecule has 1 aromatic carbocycles. The minimum Gasteiger partial charge on any atom is -0.409 e. The lowest BCUT2D eigenvalue weighted by Gasteiger charge is -2.39. The summed E-state index contributed by atoms with van der Waals surface area (Å²) >= 11 is 3.29. The van der Waals surface area contributed by atoms with Crippen LogP contribution in [-0.2, 0) is 10.6 Å². The molecule has 0 saturated carbocycles. The van der Waals surface area contributed by atoms with Crippen molar-refractivity contribution in [2.45, 2.75) is 51.2 Å². The molecular formula is C15H21BrF4OSi. The highest BCUT2D eigenvalue weighted by Crippen LogP contribution is 2.41. The van der Waals surface area contributed by atoms with E-state index in [1.807, 2.05) is 13.1 Å². The fourth-order valence-electron chi connectivity index (χ4n) is 1.68. The van der Waals surface area contributed by atoms with E-state index in [1.54, 1.807) is 0 Å². The lowest BCUT2D eigenvalue weighted by molar-refractivity contribution is -0.140. The Morgan fingerprint density at radius 3 is 2.14 bits per heavy atom. The first-order valence-electron chi connectivity index (χ1n) is 6.90. The van der Waals surface area contributed by atoms with Crippen LogP contribution in [0.5, 0.6) is 0 Å². The van der Waals surface area contributed by atoms with Gasteiger partial charge in [-0.25, -0.2) is 4.39 Å². The fraction of sp³-hybridized carbons (Fsp3) is 0.600. The van der Waals surface area contributed by atoms with Gasteiger partial charge in [-0.15, -0.1) is 0 Å². The highest BCUT2D eigenvalue weighted by atomic mass is 79.9. The highest BCUT2D eigenvalue weighted by molar-refractivity contribution is 9.09. The van der Waals surface area contributed by atoms with Crippen molar-refractivity contribution in [3.05, 3.63) is 35.1 Å². The molecule has 0 fully saturated rings. The van der Waals surface area contributed by atoms with Crippen molar-refractivity contribution >= 4 is 24.2 Å². The molecule has 7 heteroatoms. The Bertz CT molecular complexity index is 523. The largest absolute Gasteiger partial charge is 0.419 e. The van der Waals surface area contributed by atoms with Crippen LogP contribution in [0.25, 0.3) is 0 Å². The quantitative estimate of drug-likeness (QED) is 0.327. The minimum atomic E-state index is -4.71. The molecule has 0 heterocycles. The van der Waals surface area contributed by atoms with E-state index in [2.05, 4.69) is 36.7 Å². The second-order valence-electron chi connectivity index (χ2n) is 6.76.